The Labute approximate surface area is 144 Å². The maximum Gasteiger partial charge on any atom is 0.344 e. The van der Waals surface area contributed by atoms with Gasteiger partial charge in [0.15, 0.2) is 11.6 Å². The van der Waals surface area contributed by atoms with E-state index in [0.29, 0.717) is 17.8 Å². The lowest BCUT2D eigenvalue weighted by molar-refractivity contribution is 0.0193. The number of aromatic nitrogens is 2. The van der Waals surface area contributed by atoms with Crippen molar-refractivity contribution in [2.75, 3.05) is 6.61 Å². The average molecular weight is 340 g/mol. The molecule has 0 amide bonds. The molecule has 1 aliphatic rings. The molecule has 1 fully saturated rings. The predicted molar refractivity (Wildman–Crippen MR) is 92.3 cm³/mol. The van der Waals surface area contributed by atoms with E-state index >= 15 is 0 Å². The van der Waals surface area contributed by atoms with Gasteiger partial charge in [0.05, 0.1) is 17.4 Å². The van der Waals surface area contributed by atoms with Gasteiger partial charge in [-0.2, -0.15) is 4.98 Å². The second-order valence-electron chi connectivity index (χ2n) is 7.50. The van der Waals surface area contributed by atoms with Crippen molar-refractivity contribution in [2.45, 2.75) is 39.2 Å². The van der Waals surface area contributed by atoms with Crippen molar-refractivity contribution in [3.63, 3.8) is 0 Å². The van der Waals surface area contributed by atoms with Gasteiger partial charge in [0, 0.05) is 6.61 Å². The molecule has 4 rings (SSSR count). The Morgan fingerprint density at radius 2 is 2.00 bits per heavy atom. The van der Waals surface area contributed by atoms with Gasteiger partial charge in [-0.1, -0.05) is 44.1 Å². The molecule has 3 aromatic rings. The van der Waals surface area contributed by atoms with E-state index in [9.17, 15) is 4.79 Å². The summed E-state index contributed by atoms with van der Waals surface area (Å²) in [5, 5.41) is 5.43. The summed E-state index contributed by atoms with van der Waals surface area (Å²) in [6.45, 7) is 7.10. The van der Waals surface area contributed by atoms with E-state index in [2.05, 4.69) is 30.9 Å². The van der Waals surface area contributed by atoms with Gasteiger partial charge in [0.1, 0.15) is 0 Å². The molecule has 2 aromatic heterocycles. The molecule has 6 nitrogen and oxygen atoms in total. The molecule has 0 N–H and O–H groups in total. The maximum absolute atomic E-state index is 12.1. The second kappa shape index (κ2) is 5.81. The summed E-state index contributed by atoms with van der Waals surface area (Å²) < 4.78 is 16.6. The first-order valence-electron chi connectivity index (χ1n) is 8.42. The molecule has 25 heavy (non-hydrogen) atoms. The summed E-state index contributed by atoms with van der Waals surface area (Å²) in [6.07, 6.45) is 0.879. The summed E-state index contributed by atoms with van der Waals surface area (Å²) in [6, 6.07) is 9.01. The molecule has 0 radical (unpaired) electrons. The van der Waals surface area contributed by atoms with Gasteiger partial charge < -0.3 is 13.7 Å². The Morgan fingerprint density at radius 3 is 2.80 bits per heavy atom. The topological polar surface area (TPSA) is 78.4 Å². The van der Waals surface area contributed by atoms with Crippen LogP contribution >= 0.6 is 0 Å². The highest BCUT2D eigenvalue weighted by molar-refractivity contribution is 5.83. The summed E-state index contributed by atoms with van der Waals surface area (Å²) >= 11 is 0. The number of benzene rings is 1. The molecule has 130 valence electrons. The SMILES string of the molecule is CC(C)(C)[C@@H]1OCC[C@H]1c1noc(-c2cc3ccccc3c(=O)o2)n1. The summed E-state index contributed by atoms with van der Waals surface area (Å²) in [7, 11) is 0. The van der Waals surface area contributed by atoms with Crippen LogP contribution in [0.2, 0.25) is 0 Å². The van der Waals surface area contributed by atoms with E-state index in [-0.39, 0.29) is 29.1 Å². The van der Waals surface area contributed by atoms with Crippen LogP contribution < -0.4 is 5.63 Å². The van der Waals surface area contributed by atoms with E-state index in [1.165, 1.54) is 0 Å². The van der Waals surface area contributed by atoms with E-state index in [4.69, 9.17) is 13.7 Å². The summed E-state index contributed by atoms with van der Waals surface area (Å²) in [5.41, 5.74) is -0.429. The van der Waals surface area contributed by atoms with Crippen molar-refractivity contribution in [1.29, 1.82) is 0 Å². The molecule has 0 saturated carbocycles. The number of hydrogen-bond donors (Lipinski definition) is 0. The zero-order chi connectivity index (χ0) is 17.6. The van der Waals surface area contributed by atoms with Gasteiger partial charge in [0.2, 0.25) is 0 Å². The molecule has 1 saturated heterocycles. The Bertz CT molecular complexity index is 967. The predicted octanol–water partition coefficient (Wildman–Crippen LogP) is 3.76. The van der Waals surface area contributed by atoms with Crippen LogP contribution in [0.1, 0.15) is 38.9 Å². The lowest BCUT2D eigenvalue weighted by atomic mass is 9.81. The number of rotatable bonds is 2. The zero-order valence-corrected chi connectivity index (χ0v) is 14.5. The minimum Gasteiger partial charge on any atom is -0.417 e. The third-order valence-corrected chi connectivity index (χ3v) is 4.60. The molecule has 3 heterocycles. The van der Waals surface area contributed by atoms with Crippen LogP contribution in [0.15, 0.2) is 44.1 Å². The molecule has 1 aliphatic heterocycles. The Hall–Kier alpha value is -2.47. The lowest BCUT2D eigenvalue weighted by Gasteiger charge is -2.29. The summed E-state index contributed by atoms with van der Waals surface area (Å²) in [5.74, 6) is 1.18. The molecule has 1 aromatic carbocycles. The maximum atomic E-state index is 12.1. The van der Waals surface area contributed by atoms with Crippen LogP contribution in [0.25, 0.3) is 22.4 Å². The minimum atomic E-state index is -0.412. The zero-order valence-electron chi connectivity index (χ0n) is 14.5. The van der Waals surface area contributed by atoms with Crippen molar-refractivity contribution >= 4 is 10.8 Å². The van der Waals surface area contributed by atoms with Crippen molar-refractivity contribution < 1.29 is 13.7 Å². The van der Waals surface area contributed by atoms with Gasteiger partial charge in [-0.05, 0) is 29.4 Å². The molecular weight excluding hydrogens is 320 g/mol. The van der Waals surface area contributed by atoms with Crippen LogP contribution in [0.4, 0.5) is 0 Å². The fraction of sp³-hybridized carbons (Fsp3) is 0.421. The monoisotopic (exact) mass is 340 g/mol. The average Bonchev–Trinajstić information content (AvgIpc) is 3.23. The Morgan fingerprint density at radius 1 is 1.20 bits per heavy atom. The number of ether oxygens (including phenoxy) is 1. The molecule has 2 atom stereocenters. The fourth-order valence-electron chi connectivity index (χ4n) is 3.43. The third-order valence-electron chi connectivity index (χ3n) is 4.60. The minimum absolute atomic E-state index is 0.0164. The van der Waals surface area contributed by atoms with Crippen molar-refractivity contribution in [2.24, 2.45) is 5.41 Å². The quantitative estimate of drug-likeness (QED) is 0.707. The van der Waals surface area contributed by atoms with Gasteiger partial charge in [-0.3, -0.25) is 0 Å². The number of nitrogens with zero attached hydrogens (tertiary/aromatic N) is 2. The standard InChI is InChI=1S/C19H20N2O4/c1-19(2,3)15-13(8-9-23-15)16-20-17(25-21-16)14-10-11-6-4-5-7-12(11)18(22)24-14/h4-7,10,13,15H,8-9H2,1-3H3/t13-,15-/m1/s1. The van der Waals surface area contributed by atoms with Gasteiger partial charge in [-0.25, -0.2) is 4.79 Å². The van der Waals surface area contributed by atoms with E-state index in [0.717, 1.165) is 11.8 Å². The van der Waals surface area contributed by atoms with Crippen LogP contribution in [-0.4, -0.2) is 22.9 Å². The van der Waals surface area contributed by atoms with Gasteiger partial charge in [-0.15, -0.1) is 0 Å². The van der Waals surface area contributed by atoms with Crippen LogP contribution in [0.3, 0.4) is 0 Å². The first-order chi connectivity index (χ1) is 11.9. The third kappa shape index (κ3) is 2.87. The van der Waals surface area contributed by atoms with Crippen molar-refractivity contribution in [1.82, 2.24) is 10.1 Å². The Kier molecular flexibility index (Phi) is 3.72. The number of hydrogen-bond acceptors (Lipinski definition) is 6. The molecule has 0 bridgehead atoms. The largest absolute Gasteiger partial charge is 0.417 e. The fourth-order valence-corrected chi connectivity index (χ4v) is 3.43. The van der Waals surface area contributed by atoms with E-state index in [1.54, 1.807) is 18.2 Å². The van der Waals surface area contributed by atoms with Crippen LogP contribution in [0.5, 0.6) is 0 Å². The van der Waals surface area contributed by atoms with E-state index < -0.39 is 5.63 Å². The molecule has 0 spiro atoms. The molecule has 6 heteroatoms. The molecular formula is C19H20N2O4. The van der Waals surface area contributed by atoms with Gasteiger partial charge >= 0.3 is 5.63 Å². The highest BCUT2D eigenvalue weighted by Crippen LogP contribution is 2.40. The Balaban J connectivity index is 1.71. The highest BCUT2D eigenvalue weighted by atomic mass is 16.5. The first-order valence-corrected chi connectivity index (χ1v) is 8.42. The highest BCUT2D eigenvalue weighted by Gasteiger charge is 2.40. The van der Waals surface area contributed by atoms with Crippen molar-refractivity contribution in [3.8, 4) is 11.7 Å². The summed E-state index contributed by atoms with van der Waals surface area (Å²) in [4.78, 5) is 16.6. The lowest BCUT2D eigenvalue weighted by Crippen LogP contribution is -2.30. The van der Waals surface area contributed by atoms with E-state index in [1.807, 2.05) is 12.1 Å². The molecule has 0 unspecified atom stereocenters. The normalized spacial score (nSPS) is 21.1. The van der Waals surface area contributed by atoms with Gasteiger partial charge in [0.25, 0.3) is 5.89 Å². The molecule has 0 aliphatic carbocycles. The van der Waals surface area contributed by atoms with Crippen LogP contribution in [0, 0.1) is 5.41 Å². The second-order valence-corrected chi connectivity index (χ2v) is 7.50. The van der Waals surface area contributed by atoms with Crippen molar-refractivity contribution in [3.05, 3.63) is 46.6 Å². The van der Waals surface area contributed by atoms with Crippen LogP contribution in [-0.2, 0) is 4.74 Å². The number of fused-ring (bicyclic) bond motifs is 1. The first kappa shape index (κ1) is 16.0. The smallest absolute Gasteiger partial charge is 0.344 e.